The van der Waals surface area contributed by atoms with Crippen LogP contribution in [-0.2, 0) is 30.7 Å². The molecule has 0 fully saturated rings. The maximum absolute atomic E-state index is 12.9. The van der Waals surface area contributed by atoms with Gasteiger partial charge < -0.3 is 14.0 Å². The van der Waals surface area contributed by atoms with Crippen LogP contribution in [0.2, 0.25) is 0 Å². The topological polar surface area (TPSA) is 121 Å². The number of esters is 2. The van der Waals surface area contributed by atoms with E-state index in [1.54, 1.807) is 25.1 Å². The highest BCUT2D eigenvalue weighted by atomic mass is 32.2. The lowest BCUT2D eigenvalue weighted by atomic mass is 10.1. The quantitative estimate of drug-likeness (QED) is 0.500. The third-order valence-electron chi connectivity index (χ3n) is 4.43. The highest BCUT2D eigenvalue weighted by Crippen LogP contribution is 2.22. The third-order valence-corrected chi connectivity index (χ3v) is 6.59. The molecule has 0 spiro atoms. The minimum absolute atomic E-state index is 0.0383. The number of thiazole rings is 1. The van der Waals surface area contributed by atoms with E-state index in [1.807, 2.05) is 0 Å². The predicted octanol–water partition coefficient (Wildman–Crippen LogP) is 2.20. The molecule has 168 valence electrons. The zero-order chi connectivity index (χ0) is 23.5. The average Bonchev–Trinajstić information content (AvgIpc) is 3.08. The van der Waals surface area contributed by atoms with Crippen molar-refractivity contribution in [2.45, 2.75) is 18.4 Å². The second kappa shape index (κ2) is 9.45. The number of hydrogen-bond donors (Lipinski definition) is 0. The van der Waals surface area contributed by atoms with Gasteiger partial charge in [0.25, 0.3) is 5.91 Å². The molecule has 0 aliphatic heterocycles. The van der Waals surface area contributed by atoms with Gasteiger partial charge in [0, 0.05) is 6.26 Å². The first-order valence-corrected chi connectivity index (χ1v) is 12.1. The number of sulfone groups is 1. The molecule has 0 saturated carbocycles. The van der Waals surface area contributed by atoms with Crippen molar-refractivity contribution in [3.05, 3.63) is 58.4 Å². The van der Waals surface area contributed by atoms with Crippen LogP contribution in [0.1, 0.15) is 27.6 Å². The Labute approximate surface area is 187 Å². The zero-order valence-corrected chi connectivity index (χ0v) is 19.2. The number of ether oxygens (including phenoxy) is 2. The number of nitrogens with zero attached hydrogens (tertiary/aromatic N) is 2. The van der Waals surface area contributed by atoms with Gasteiger partial charge in [-0.05, 0) is 37.3 Å². The summed E-state index contributed by atoms with van der Waals surface area (Å²) in [5.41, 5.74) is 0.612. The highest BCUT2D eigenvalue weighted by Gasteiger charge is 2.19. The number of hydrogen-bond acceptors (Lipinski definition) is 8. The Kier molecular flexibility index (Phi) is 6.90. The SMILES string of the molecule is CCOC(=O)Cn1c(=NC(=O)c2ccccc2C(=O)OC)sc2cc(S(C)(=O)=O)ccc21. The Bertz CT molecular complexity index is 1380. The van der Waals surface area contributed by atoms with Crippen molar-refractivity contribution in [1.29, 1.82) is 0 Å². The summed E-state index contributed by atoms with van der Waals surface area (Å²) in [6.45, 7) is 1.62. The minimum atomic E-state index is -3.46. The van der Waals surface area contributed by atoms with Gasteiger partial charge in [-0.1, -0.05) is 23.5 Å². The Morgan fingerprint density at radius 2 is 1.78 bits per heavy atom. The van der Waals surface area contributed by atoms with E-state index in [9.17, 15) is 22.8 Å². The lowest BCUT2D eigenvalue weighted by Crippen LogP contribution is -2.23. The number of fused-ring (bicyclic) bond motifs is 1. The van der Waals surface area contributed by atoms with Crippen molar-refractivity contribution in [3.63, 3.8) is 0 Å². The molecule has 1 heterocycles. The van der Waals surface area contributed by atoms with Gasteiger partial charge in [0.1, 0.15) is 6.54 Å². The molecule has 2 aromatic carbocycles. The lowest BCUT2D eigenvalue weighted by Gasteiger charge is -2.06. The molecule has 0 bridgehead atoms. The molecule has 0 saturated heterocycles. The second-order valence-corrected chi connectivity index (χ2v) is 9.66. The largest absolute Gasteiger partial charge is 0.465 e. The number of carbonyl (C=O) groups is 3. The smallest absolute Gasteiger partial charge is 0.338 e. The summed E-state index contributed by atoms with van der Waals surface area (Å²) >= 11 is 1.04. The molecule has 0 radical (unpaired) electrons. The van der Waals surface area contributed by atoms with Crippen LogP contribution in [0.15, 0.2) is 52.4 Å². The normalized spacial score (nSPS) is 12.0. The predicted molar refractivity (Wildman–Crippen MR) is 117 cm³/mol. The van der Waals surface area contributed by atoms with E-state index < -0.39 is 27.7 Å². The van der Waals surface area contributed by atoms with Crippen LogP contribution < -0.4 is 4.80 Å². The van der Waals surface area contributed by atoms with E-state index in [4.69, 9.17) is 9.47 Å². The first-order valence-electron chi connectivity index (χ1n) is 9.41. The maximum atomic E-state index is 12.9. The molecule has 0 N–H and O–H groups in total. The van der Waals surface area contributed by atoms with Gasteiger partial charge >= 0.3 is 11.9 Å². The highest BCUT2D eigenvalue weighted by molar-refractivity contribution is 7.90. The van der Waals surface area contributed by atoms with Crippen molar-refractivity contribution in [1.82, 2.24) is 4.57 Å². The Balaban J connectivity index is 2.20. The van der Waals surface area contributed by atoms with Crippen molar-refractivity contribution in [2.75, 3.05) is 20.0 Å². The van der Waals surface area contributed by atoms with E-state index >= 15 is 0 Å². The second-order valence-electron chi connectivity index (χ2n) is 6.63. The molecule has 3 rings (SSSR count). The van der Waals surface area contributed by atoms with Gasteiger partial charge in [-0.3, -0.25) is 9.59 Å². The molecule has 0 aliphatic rings. The van der Waals surface area contributed by atoms with Gasteiger partial charge in [0.15, 0.2) is 14.6 Å². The molecule has 0 atom stereocenters. The van der Waals surface area contributed by atoms with Gasteiger partial charge in [-0.15, -0.1) is 0 Å². The number of benzene rings is 2. The van der Waals surface area contributed by atoms with Crippen molar-refractivity contribution in [3.8, 4) is 0 Å². The Morgan fingerprint density at radius 3 is 2.41 bits per heavy atom. The lowest BCUT2D eigenvalue weighted by molar-refractivity contribution is -0.143. The van der Waals surface area contributed by atoms with Crippen LogP contribution in [0, 0.1) is 0 Å². The fourth-order valence-electron chi connectivity index (χ4n) is 2.96. The summed E-state index contributed by atoms with van der Waals surface area (Å²) in [6.07, 6.45) is 1.09. The summed E-state index contributed by atoms with van der Waals surface area (Å²) in [5.74, 6) is -1.93. The van der Waals surface area contributed by atoms with E-state index in [2.05, 4.69) is 4.99 Å². The van der Waals surface area contributed by atoms with E-state index in [1.165, 1.54) is 35.9 Å². The number of carbonyl (C=O) groups excluding carboxylic acids is 3. The van der Waals surface area contributed by atoms with Crippen molar-refractivity contribution >= 4 is 49.2 Å². The summed E-state index contributed by atoms with van der Waals surface area (Å²) in [4.78, 5) is 41.5. The fourth-order valence-corrected chi connectivity index (χ4v) is 4.75. The Hall–Kier alpha value is -3.31. The molecule has 1 amide bonds. The van der Waals surface area contributed by atoms with Gasteiger partial charge in [-0.25, -0.2) is 13.2 Å². The van der Waals surface area contributed by atoms with Gasteiger partial charge in [0.2, 0.25) is 0 Å². The molecular formula is C21H20N2O7S2. The molecule has 0 unspecified atom stereocenters. The van der Waals surface area contributed by atoms with Crippen LogP contribution in [0.25, 0.3) is 10.2 Å². The van der Waals surface area contributed by atoms with Crippen LogP contribution in [-0.4, -0.2) is 50.8 Å². The molecule has 32 heavy (non-hydrogen) atoms. The molecule has 3 aromatic rings. The number of amides is 1. The van der Waals surface area contributed by atoms with E-state index in [0.29, 0.717) is 10.2 Å². The van der Waals surface area contributed by atoms with Gasteiger partial charge in [0.05, 0.1) is 40.0 Å². The standard InChI is InChI=1S/C21H20N2O7S2/c1-4-30-18(24)12-23-16-10-9-13(32(3,27)28)11-17(16)31-21(23)22-19(25)14-7-5-6-8-15(14)20(26)29-2/h5-11H,4,12H2,1-3H3. The molecule has 11 heteroatoms. The summed E-state index contributed by atoms with van der Waals surface area (Å²) < 4.78 is 35.6. The van der Waals surface area contributed by atoms with Crippen molar-refractivity contribution < 1.29 is 32.3 Å². The monoisotopic (exact) mass is 476 g/mol. The summed E-state index contributed by atoms with van der Waals surface area (Å²) in [7, 11) is -2.25. The van der Waals surface area contributed by atoms with Crippen molar-refractivity contribution in [2.24, 2.45) is 4.99 Å². The summed E-state index contributed by atoms with van der Waals surface area (Å²) in [6, 6.07) is 10.5. The zero-order valence-electron chi connectivity index (χ0n) is 17.5. The van der Waals surface area contributed by atoms with Crippen LogP contribution in [0.4, 0.5) is 0 Å². The average molecular weight is 477 g/mol. The number of methoxy groups -OCH3 is 1. The minimum Gasteiger partial charge on any atom is -0.465 e. The van der Waals surface area contributed by atoms with Crippen LogP contribution >= 0.6 is 11.3 Å². The van der Waals surface area contributed by atoms with Crippen LogP contribution in [0.5, 0.6) is 0 Å². The molecule has 1 aromatic heterocycles. The third kappa shape index (κ3) is 4.94. The number of rotatable bonds is 6. The van der Waals surface area contributed by atoms with Gasteiger partial charge in [-0.2, -0.15) is 4.99 Å². The van der Waals surface area contributed by atoms with Crippen LogP contribution in [0.3, 0.4) is 0 Å². The fraction of sp³-hybridized carbons (Fsp3) is 0.238. The molecular weight excluding hydrogens is 456 g/mol. The number of aromatic nitrogens is 1. The van der Waals surface area contributed by atoms with E-state index in [0.717, 1.165) is 17.6 Å². The molecule has 9 nitrogen and oxygen atoms in total. The van der Waals surface area contributed by atoms with E-state index in [-0.39, 0.29) is 34.0 Å². The summed E-state index contributed by atoms with van der Waals surface area (Å²) in [5, 5.41) is 0. The Morgan fingerprint density at radius 1 is 1.09 bits per heavy atom. The first kappa shape index (κ1) is 23.4. The maximum Gasteiger partial charge on any atom is 0.338 e. The molecule has 0 aliphatic carbocycles. The first-order chi connectivity index (χ1) is 15.2.